The highest BCUT2D eigenvalue weighted by molar-refractivity contribution is 7.99. The van der Waals surface area contributed by atoms with Crippen LogP contribution < -0.4 is 24.7 Å². The summed E-state index contributed by atoms with van der Waals surface area (Å²) in [5, 5.41) is 2.40. The number of benzene rings is 2. The molecule has 0 saturated carbocycles. The van der Waals surface area contributed by atoms with E-state index in [0.29, 0.717) is 58.7 Å². The van der Waals surface area contributed by atoms with Crippen LogP contribution in [0, 0.1) is 6.92 Å². The Hall–Kier alpha value is -3.50. The van der Waals surface area contributed by atoms with E-state index in [1.807, 2.05) is 54.8 Å². The van der Waals surface area contributed by atoms with Gasteiger partial charge >= 0.3 is 0 Å². The van der Waals surface area contributed by atoms with E-state index in [9.17, 15) is 9.59 Å². The number of nitrogens with zero attached hydrogens (tertiary/aromatic N) is 3. The minimum atomic E-state index is -0.0947. The number of thioether (sulfide) groups is 1. The van der Waals surface area contributed by atoms with Gasteiger partial charge < -0.3 is 19.1 Å². The van der Waals surface area contributed by atoms with E-state index in [2.05, 4.69) is 0 Å². The van der Waals surface area contributed by atoms with Crippen molar-refractivity contribution >= 4 is 44.9 Å². The van der Waals surface area contributed by atoms with Crippen LogP contribution in [0.4, 0.5) is 5.69 Å². The fourth-order valence-corrected chi connectivity index (χ4v) is 5.98. The molecule has 5 rings (SSSR count). The van der Waals surface area contributed by atoms with Gasteiger partial charge in [0.25, 0.3) is 5.56 Å². The third-order valence-electron chi connectivity index (χ3n) is 6.21. The van der Waals surface area contributed by atoms with Gasteiger partial charge in [-0.05, 0) is 60.2 Å². The van der Waals surface area contributed by atoms with Gasteiger partial charge in [0.05, 0.1) is 37.7 Å². The van der Waals surface area contributed by atoms with Crippen LogP contribution in [0.1, 0.15) is 11.1 Å². The first kappa shape index (κ1) is 25.2. The number of hydrogen-bond donors (Lipinski definition) is 0. The highest BCUT2D eigenvalue weighted by Crippen LogP contribution is 2.33. The van der Waals surface area contributed by atoms with Gasteiger partial charge in [0.1, 0.15) is 17.1 Å². The molecule has 192 valence electrons. The molecule has 1 aliphatic rings. The molecule has 3 heterocycles. The summed E-state index contributed by atoms with van der Waals surface area (Å²) in [4.78, 5) is 33.1. The SMILES string of the molecule is COc1ccc(CCn2c(SCC(=O)N3CCOc4ccc(C)cc43)nc3ccsc3c2=O)cc1OC. The summed E-state index contributed by atoms with van der Waals surface area (Å²) < 4.78 is 18.8. The average Bonchev–Trinajstić information content (AvgIpc) is 3.39. The topological polar surface area (TPSA) is 82.9 Å². The fourth-order valence-electron chi connectivity index (χ4n) is 4.30. The van der Waals surface area contributed by atoms with E-state index < -0.39 is 0 Å². The number of aromatic nitrogens is 2. The van der Waals surface area contributed by atoms with Crippen LogP contribution in [0.25, 0.3) is 10.2 Å². The summed E-state index contributed by atoms with van der Waals surface area (Å²) >= 11 is 2.67. The van der Waals surface area contributed by atoms with Gasteiger partial charge in [-0.25, -0.2) is 4.98 Å². The van der Waals surface area contributed by atoms with Crippen molar-refractivity contribution < 1.29 is 19.0 Å². The Labute approximate surface area is 222 Å². The molecule has 0 radical (unpaired) electrons. The second kappa shape index (κ2) is 10.9. The third-order valence-corrected chi connectivity index (χ3v) is 8.06. The molecular formula is C27H27N3O5S2. The Morgan fingerprint density at radius 2 is 1.97 bits per heavy atom. The number of aryl methyl sites for hydroxylation is 2. The van der Waals surface area contributed by atoms with Crippen LogP contribution in [0.3, 0.4) is 0 Å². The number of methoxy groups -OCH3 is 2. The fraction of sp³-hybridized carbons (Fsp3) is 0.296. The predicted molar refractivity (Wildman–Crippen MR) is 147 cm³/mol. The number of fused-ring (bicyclic) bond motifs is 2. The van der Waals surface area contributed by atoms with Crippen molar-refractivity contribution in [1.29, 1.82) is 0 Å². The minimum Gasteiger partial charge on any atom is -0.493 e. The van der Waals surface area contributed by atoms with Crippen molar-refractivity contribution in [3.05, 3.63) is 69.3 Å². The molecule has 1 aliphatic heterocycles. The van der Waals surface area contributed by atoms with Gasteiger partial charge in [0.2, 0.25) is 5.91 Å². The Morgan fingerprint density at radius 1 is 1.14 bits per heavy atom. The van der Waals surface area contributed by atoms with Gasteiger partial charge in [0, 0.05) is 6.54 Å². The number of carbonyl (C=O) groups excluding carboxylic acids is 1. The van der Waals surface area contributed by atoms with Gasteiger partial charge in [-0.1, -0.05) is 23.9 Å². The molecule has 0 saturated heterocycles. The summed E-state index contributed by atoms with van der Waals surface area (Å²) in [7, 11) is 3.20. The van der Waals surface area contributed by atoms with Gasteiger partial charge in [-0.3, -0.25) is 14.2 Å². The van der Waals surface area contributed by atoms with Crippen LogP contribution in [0.2, 0.25) is 0 Å². The summed E-state index contributed by atoms with van der Waals surface area (Å²) in [5.74, 6) is 2.11. The lowest BCUT2D eigenvalue weighted by molar-refractivity contribution is -0.116. The summed E-state index contributed by atoms with van der Waals surface area (Å²) in [6.45, 7) is 3.34. The maximum Gasteiger partial charge on any atom is 0.272 e. The van der Waals surface area contributed by atoms with E-state index >= 15 is 0 Å². The van der Waals surface area contributed by atoms with E-state index in [1.54, 1.807) is 23.7 Å². The number of thiophene rings is 1. The highest BCUT2D eigenvalue weighted by Gasteiger charge is 2.24. The Balaban J connectivity index is 1.38. The van der Waals surface area contributed by atoms with Crippen LogP contribution in [-0.4, -0.2) is 48.6 Å². The molecule has 0 unspecified atom stereocenters. The van der Waals surface area contributed by atoms with Crippen molar-refractivity contribution in [2.75, 3.05) is 38.0 Å². The highest BCUT2D eigenvalue weighted by atomic mass is 32.2. The number of amides is 1. The lowest BCUT2D eigenvalue weighted by atomic mass is 10.1. The van der Waals surface area contributed by atoms with Crippen molar-refractivity contribution in [3.63, 3.8) is 0 Å². The van der Waals surface area contributed by atoms with Crippen LogP contribution in [-0.2, 0) is 17.8 Å². The Morgan fingerprint density at radius 3 is 2.78 bits per heavy atom. The predicted octanol–water partition coefficient (Wildman–Crippen LogP) is 4.54. The Bertz CT molecular complexity index is 1510. The van der Waals surface area contributed by atoms with Crippen molar-refractivity contribution in [1.82, 2.24) is 9.55 Å². The van der Waals surface area contributed by atoms with E-state index in [0.717, 1.165) is 16.8 Å². The van der Waals surface area contributed by atoms with Crippen LogP contribution in [0.5, 0.6) is 17.2 Å². The number of anilines is 1. The molecule has 2 aromatic carbocycles. The van der Waals surface area contributed by atoms with Gasteiger partial charge in [0.15, 0.2) is 16.7 Å². The third kappa shape index (κ3) is 5.17. The maximum absolute atomic E-state index is 13.4. The molecule has 0 aliphatic carbocycles. The average molecular weight is 538 g/mol. The summed E-state index contributed by atoms with van der Waals surface area (Å²) in [6, 6.07) is 13.4. The second-order valence-corrected chi connectivity index (χ2v) is 10.4. The smallest absolute Gasteiger partial charge is 0.272 e. The molecule has 10 heteroatoms. The van der Waals surface area contributed by atoms with E-state index in [1.165, 1.54) is 23.1 Å². The molecule has 2 aromatic heterocycles. The summed E-state index contributed by atoms with van der Waals surface area (Å²) in [6.07, 6.45) is 0.594. The maximum atomic E-state index is 13.4. The molecule has 0 N–H and O–H groups in total. The number of hydrogen-bond acceptors (Lipinski definition) is 8. The summed E-state index contributed by atoms with van der Waals surface area (Å²) in [5.41, 5.74) is 3.40. The molecule has 0 bridgehead atoms. The number of carbonyl (C=O) groups is 1. The molecular weight excluding hydrogens is 510 g/mol. The lowest BCUT2D eigenvalue weighted by Crippen LogP contribution is -2.39. The van der Waals surface area contributed by atoms with E-state index in [-0.39, 0.29) is 17.2 Å². The zero-order valence-electron chi connectivity index (χ0n) is 20.9. The quantitative estimate of drug-likeness (QED) is 0.241. The van der Waals surface area contributed by atoms with Gasteiger partial charge in [-0.2, -0.15) is 0 Å². The largest absolute Gasteiger partial charge is 0.493 e. The molecule has 4 aromatic rings. The standard InChI is InChI=1S/C27H27N3O5S2/c1-17-4-6-21-20(14-17)29(11-12-35-21)24(31)16-37-27-28-19-9-13-36-25(19)26(32)30(27)10-8-18-5-7-22(33-2)23(15-18)34-3/h4-7,9,13-15H,8,10-12,16H2,1-3H3. The molecule has 0 fully saturated rings. The van der Waals surface area contributed by atoms with Crippen molar-refractivity contribution in [2.45, 2.75) is 25.0 Å². The molecule has 1 amide bonds. The van der Waals surface area contributed by atoms with Crippen LogP contribution >= 0.6 is 23.1 Å². The zero-order chi connectivity index (χ0) is 25.9. The molecule has 0 spiro atoms. The first-order valence-electron chi connectivity index (χ1n) is 11.8. The van der Waals surface area contributed by atoms with Crippen LogP contribution in [0.15, 0.2) is 57.8 Å². The first-order valence-corrected chi connectivity index (χ1v) is 13.7. The second-order valence-electron chi connectivity index (χ2n) is 8.58. The molecule has 0 atom stereocenters. The first-order chi connectivity index (χ1) is 18.0. The number of ether oxygens (including phenoxy) is 3. The zero-order valence-corrected chi connectivity index (χ0v) is 22.5. The molecule has 37 heavy (non-hydrogen) atoms. The van der Waals surface area contributed by atoms with Crippen molar-refractivity contribution in [2.24, 2.45) is 0 Å². The monoisotopic (exact) mass is 537 g/mol. The van der Waals surface area contributed by atoms with E-state index in [4.69, 9.17) is 19.2 Å². The van der Waals surface area contributed by atoms with Gasteiger partial charge in [-0.15, -0.1) is 11.3 Å². The lowest BCUT2D eigenvalue weighted by Gasteiger charge is -2.29. The minimum absolute atomic E-state index is 0.0498. The molecule has 8 nitrogen and oxygen atoms in total. The normalized spacial score (nSPS) is 12.8. The Kier molecular flexibility index (Phi) is 7.38. The van der Waals surface area contributed by atoms with Crippen molar-refractivity contribution in [3.8, 4) is 17.2 Å². The number of rotatable bonds is 8.